The molecule has 0 radical (unpaired) electrons. The summed E-state index contributed by atoms with van der Waals surface area (Å²) in [5.41, 5.74) is -1.65. The van der Waals surface area contributed by atoms with Gasteiger partial charge in [0, 0.05) is 24.7 Å². The number of benzene rings is 3. The summed E-state index contributed by atoms with van der Waals surface area (Å²) in [5, 5.41) is 10.2. The second-order valence-corrected chi connectivity index (χ2v) is 12.3. The quantitative estimate of drug-likeness (QED) is 0.324. The van der Waals surface area contributed by atoms with E-state index in [4.69, 9.17) is 21.1 Å². The Morgan fingerprint density at radius 2 is 1.78 bits per heavy atom. The molecule has 1 unspecified atom stereocenters. The van der Waals surface area contributed by atoms with Crippen molar-refractivity contribution in [2.45, 2.75) is 36.4 Å². The van der Waals surface area contributed by atoms with Gasteiger partial charge < -0.3 is 14.6 Å². The molecule has 0 bridgehead atoms. The van der Waals surface area contributed by atoms with Crippen LogP contribution in [0.25, 0.3) is 11.1 Å². The number of carbonyl (C=O) groups is 1. The summed E-state index contributed by atoms with van der Waals surface area (Å²) in [7, 11) is -4.61. The van der Waals surface area contributed by atoms with Gasteiger partial charge in [0.25, 0.3) is 10.0 Å². The zero-order valence-corrected chi connectivity index (χ0v) is 22.9. The number of fused-ring (bicyclic) bond motifs is 1. The molecule has 0 amide bonds. The summed E-state index contributed by atoms with van der Waals surface area (Å²) < 4.78 is 94.6. The molecule has 3 aromatic carbocycles. The SMILES string of the molecule is O=C(O)C1(CC2CN(S(=O)(=O)c3cccc(C(F)(F)F)c3)c3cc(-c4cc(F)cc(Cl)c4)ccc3O2)CCOCC1. The van der Waals surface area contributed by atoms with Crippen molar-refractivity contribution >= 4 is 33.3 Å². The predicted octanol–water partition coefficient (Wildman–Crippen LogP) is 6.39. The van der Waals surface area contributed by atoms with Crippen LogP contribution in [0, 0.1) is 11.2 Å². The van der Waals surface area contributed by atoms with Crippen molar-refractivity contribution in [2.75, 3.05) is 24.1 Å². The number of hydrogen-bond donors (Lipinski definition) is 1. The zero-order chi connectivity index (χ0) is 29.6. The van der Waals surface area contributed by atoms with Gasteiger partial charge in [0.15, 0.2) is 0 Å². The molecule has 41 heavy (non-hydrogen) atoms. The minimum atomic E-state index is -4.78. The highest BCUT2D eigenvalue weighted by atomic mass is 35.5. The normalized spacial score (nSPS) is 18.9. The smallest absolute Gasteiger partial charge is 0.416 e. The fourth-order valence-corrected chi connectivity index (χ4v) is 6.98. The first-order valence-corrected chi connectivity index (χ1v) is 14.4. The Labute approximate surface area is 238 Å². The predicted molar refractivity (Wildman–Crippen MR) is 142 cm³/mol. The van der Waals surface area contributed by atoms with Gasteiger partial charge in [-0.05, 0) is 72.5 Å². The van der Waals surface area contributed by atoms with Crippen LogP contribution >= 0.6 is 11.6 Å². The van der Waals surface area contributed by atoms with E-state index in [9.17, 15) is 35.9 Å². The van der Waals surface area contributed by atoms with Crippen molar-refractivity contribution in [2.24, 2.45) is 5.41 Å². The van der Waals surface area contributed by atoms with Gasteiger partial charge in [-0.1, -0.05) is 23.7 Å². The van der Waals surface area contributed by atoms with E-state index >= 15 is 0 Å². The van der Waals surface area contributed by atoms with Crippen LogP contribution in [0.3, 0.4) is 0 Å². The average molecular weight is 614 g/mol. The summed E-state index contributed by atoms with van der Waals surface area (Å²) in [6.07, 6.45) is -5.39. The van der Waals surface area contributed by atoms with E-state index in [0.29, 0.717) is 17.2 Å². The molecule has 1 N–H and O–H groups in total. The maximum atomic E-state index is 14.1. The standard InChI is InChI=1S/C28H24ClF4NO6S/c29-20-10-18(11-21(30)14-20)17-4-5-25-24(12-17)34(41(37,38)23-3-1-2-19(13-23)28(31,32)33)16-22(40-25)15-27(26(35)36)6-8-39-9-7-27/h1-5,10-14,22H,6-9,15-16H2,(H,35,36). The Balaban J connectivity index is 1.61. The van der Waals surface area contributed by atoms with Gasteiger partial charge in [0.1, 0.15) is 17.7 Å². The zero-order valence-electron chi connectivity index (χ0n) is 21.3. The van der Waals surface area contributed by atoms with Crippen molar-refractivity contribution in [3.63, 3.8) is 0 Å². The van der Waals surface area contributed by atoms with Crippen LogP contribution < -0.4 is 9.04 Å². The minimum Gasteiger partial charge on any atom is -0.486 e. The molecular formula is C28H24ClF4NO6S. The summed E-state index contributed by atoms with van der Waals surface area (Å²) in [5.74, 6) is -1.61. The van der Waals surface area contributed by atoms with Gasteiger partial charge in [-0.3, -0.25) is 9.10 Å². The Morgan fingerprint density at radius 3 is 2.44 bits per heavy atom. The second kappa shape index (κ2) is 10.8. The number of aliphatic carboxylic acids is 1. The van der Waals surface area contributed by atoms with Crippen molar-refractivity contribution in [1.29, 1.82) is 0 Å². The second-order valence-electron chi connectivity index (χ2n) is 10.0. The van der Waals surface area contributed by atoms with E-state index < -0.39 is 50.0 Å². The number of halogens is 5. The molecule has 2 aliphatic heterocycles. The summed E-state index contributed by atoms with van der Waals surface area (Å²) >= 11 is 6.01. The Morgan fingerprint density at radius 1 is 1.05 bits per heavy atom. The van der Waals surface area contributed by atoms with Crippen molar-refractivity contribution in [1.82, 2.24) is 0 Å². The first kappa shape index (κ1) is 29.2. The van der Waals surface area contributed by atoms with E-state index in [1.807, 2.05) is 0 Å². The van der Waals surface area contributed by atoms with Crippen molar-refractivity contribution in [3.8, 4) is 16.9 Å². The molecule has 2 aliphatic rings. The van der Waals surface area contributed by atoms with Crippen molar-refractivity contribution < 1.29 is 45.4 Å². The van der Waals surface area contributed by atoms with Crippen LogP contribution in [-0.4, -0.2) is 45.4 Å². The number of anilines is 1. The number of ether oxygens (including phenoxy) is 2. The number of sulfonamides is 1. The third kappa shape index (κ3) is 5.86. The lowest BCUT2D eigenvalue weighted by Crippen LogP contribution is -2.48. The van der Waals surface area contributed by atoms with Gasteiger partial charge in [-0.2, -0.15) is 13.2 Å². The van der Waals surface area contributed by atoms with Gasteiger partial charge in [-0.15, -0.1) is 0 Å². The van der Waals surface area contributed by atoms with Crippen molar-refractivity contribution in [3.05, 3.63) is 77.1 Å². The number of carboxylic acid groups (broad SMARTS) is 1. The van der Waals surface area contributed by atoms with Gasteiger partial charge >= 0.3 is 12.1 Å². The molecule has 3 aromatic rings. The maximum absolute atomic E-state index is 14.1. The highest BCUT2D eigenvalue weighted by molar-refractivity contribution is 7.92. The molecule has 2 heterocycles. The van der Waals surface area contributed by atoms with Crippen LogP contribution in [0.1, 0.15) is 24.8 Å². The lowest BCUT2D eigenvalue weighted by Gasteiger charge is -2.40. The van der Waals surface area contributed by atoms with Crippen LogP contribution in [-0.2, 0) is 25.7 Å². The van der Waals surface area contributed by atoms with Crippen LogP contribution in [0.15, 0.2) is 65.6 Å². The molecule has 13 heteroatoms. The van der Waals surface area contributed by atoms with Gasteiger partial charge in [-0.25, -0.2) is 12.8 Å². The Bertz CT molecular complexity index is 1570. The molecule has 1 saturated heterocycles. The maximum Gasteiger partial charge on any atom is 0.416 e. The molecular weight excluding hydrogens is 590 g/mol. The number of hydrogen-bond acceptors (Lipinski definition) is 5. The van der Waals surface area contributed by atoms with Crippen LogP contribution in [0.5, 0.6) is 5.75 Å². The summed E-state index contributed by atoms with van der Waals surface area (Å²) in [6, 6.07) is 11.6. The third-order valence-corrected chi connectivity index (χ3v) is 9.35. The highest BCUT2D eigenvalue weighted by Crippen LogP contribution is 2.44. The van der Waals surface area contributed by atoms with E-state index in [1.165, 1.54) is 24.3 Å². The number of nitrogens with zero attached hydrogens (tertiary/aromatic N) is 1. The van der Waals surface area contributed by atoms with E-state index in [-0.39, 0.29) is 55.5 Å². The number of alkyl halides is 3. The fourth-order valence-electron chi connectivity index (χ4n) is 5.21. The topological polar surface area (TPSA) is 93.1 Å². The summed E-state index contributed by atoms with van der Waals surface area (Å²) in [6.45, 7) is 0.0532. The molecule has 0 spiro atoms. The van der Waals surface area contributed by atoms with Crippen LogP contribution in [0.2, 0.25) is 5.02 Å². The van der Waals surface area contributed by atoms with E-state index in [0.717, 1.165) is 28.6 Å². The fraction of sp³-hybridized carbons (Fsp3) is 0.321. The number of carboxylic acids is 1. The van der Waals surface area contributed by atoms with Gasteiger partial charge in [0.05, 0.1) is 28.1 Å². The largest absolute Gasteiger partial charge is 0.486 e. The van der Waals surface area contributed by atoms with E-state index in [1.54, 1.807) is 6.07 Å². The van der Waals surface area contributed by atoms with Gasteiger partial charge in [0.2, 0.25) is 0 Å². The first-order chi connectivity index (χ1) is 19.3. The molecule has 5 rings (SSSR count). The number of rotatable bonds is 6. The summed E-state index contributed by atoms with van der Waals surface area (Å²) in [4.78, 5) is 11.7. The van der Waals surface area contributed by atoms with Crippen LogP contribution in [0.4, 0.5) is 23.2 Å². The monoisotopic (exact) mass is 613 g/mol. The average Bonchev–Trinajstić information content (AvgIpc) is 2.92. The Hall–Kier alpha value is -3.35. The molecule has 0 saturated carbocycles. The minimum absolute atomic E-state index is 0.00731. The molecule has 0 aromatic heterocycles. The first-order valence-electron chi connectivity index (χ1n) is 12.6. The molecule has 1 fully saturated rings. The lowest BCUT2D eigenvalue weighted by atomic mass is 9.75. The molecule has 1 atom stereocenters. The lowest BCUT2D eigenvalue weighted by molar-refractivity contribution is -0.157. The molecule has 218 valence electrons. The Kier molecular flexibility index (Phi) is 7.68. The molecule has 0 aliphatic carbocycles. The third-order valence-electron chi connectivity index (χ3n) is 7.36. The molecule has 7 nitrogen and oxygen atoms in total. The highest BCUT2D eigenvalue weighted by Gasteiger charge is 2.45. The van der Waals surface area contributed by atoms with E-state index in [2.05, 4.69) is 0 Å².